The smallest absolute Gasteiger partial charge is 0.332 e. The maximum atomic E-state index is 12.7. The predicted molar refractivity (Wildman–Crippen MR) is 106 cm³/mol. The predicted octanol–water partition coefficient (Wildman–Crippen LogP) is 2.98. The Morgan fingerprint density at radius 1 is 1.14 bits per heavy atom. The molecular formula is C22H21N3O4. The third kappa shape index (κ3) is 3.76. The van der Waals surface area contributed by atoms with E-state index in [-0.39, 0.29) is 18.5 Å². The van der Waals surface area contributed by atoms with Crippen molar-refractivity contribution in [3.63, 3.8) is 0 Å². The Balaban J connectivity index is 1.53. The largest absolute Gasteiger partial charge is 0.458 e. The highest BCUT2D eigenvalue weighted by atomic mass is 16.6. The van der Waals surface area contributed by atoms with Gasteiger partial charge in [-0.15, -0.1) is 0 Å². The highest BCUT2D eigenvalue weighted by molar-refractivity contribution is 6.01. The molecule has 3 heterocycles. The highest BCUT2D eigenvalue weighted by Crippen LogP contribution is 2.37. The topological polar surface area (TPSA) is 89.9 Å². The van der Waals surface area contributed by atoms with Gasteiger partial charge in [-0.2, -0.15) is 4.99 Å². The quantitative estimate of drug-likeness (QED) is 0.810. The van der Waals surface area contributed by atoms with Crippen LogP contribution in [0.3, 0.4) is 0 Å². The number of ether oxygens (including phenoxy) is 2. The minimum absolute atomic E-state index is 0.0193. The van der Waals surface area contributed by atoms with Crippen LogP contribution in [0.4, 0.5) is 0 Å². The van der Waals surface area contributed by atoms with Crippen LogP contribution < -0.4 is 5.32 Å². The standard InChI is InChI=1S/C22H21N3O4/c1-3-14-12-18(26)29-22(2)19(14)20(27)24-21(25-22)28-13-16-10-7-11-17(23-16)15-8-5-4-6-9-15/h4-12,19H,3,13H2,1-2H3,(H,24,25,27)/t19?,22-/m0/s1. The molecule has 0 fully saturated rings. The zero-order valence-electron chi connectivity index (χ0n) is 16.2. The van der Waals surface area contributed by atoms with Crippen molar-refractivity contribution in [3.05, 3.63) is 65.9 Å². The van der Waals surface area contributed by atoms with Crippen molar-refractivity contribution in [2.75, 3.05) is 0 Å². The van der Waals surface area contributed by atoms with Crippen LogP contribution in [0.5, 0.6) is 0 Å². The molecule has 2 aliphatic heterocycles. The van der Waals surface area contributed by atoms with E-state index in [1.54, 1.807) is 6.92 Å². The first-order chi connectivity index (χ1) is 14.0. The molecule has 1 unspecified atom stereocenters. The van der Waals surface area contributed by atoms with Crippen LogP contribution in [0.15, 0.2) is 65.2 Å². The molecule has 1 N–H and O–H groups in total. The molecule has 0 radical (unpaired) electrons. The number of aromatic nitrogens is 1. The number of nitrogens with zero attached hydrogens (tertiary/aromatic N) is 2. The van der Waals surface area contributed by atoms with Gasteiger partial charge in [-0.05, 0) is 31.1 Å². The van der Waals surface area contributed by atoms with Crippen LogP contribution in [0.2, 0.25) is 0 Å². The number of hydrogen-bond donors (Lipinski definition) is 1. The highest BCUT2D eigenvalue weighted by Gasteiger charge is 2.50. The van der Waals surface area contributed by atoms with Crippen LogP contribution in [0, 0.1) is 5.92 Å². The number of hydrogen-bond acceptors (Lipinski definition) is 6. The van der Waals surface area contributed by atoms with E-state index in [1.165, 1.54) is 6.08 Å². The van der Waals surface area contributed by atoms with Gasteiger partial charge in [0, 0.05) is 11.6 Å². The van der Waals surface area contributed by atoms with Gasteiger partial charge in [-0.25, -0.2) is 9.78 Å². The van der Waals surface area contributed by atoms with Crippen LogP contribution in [-0.4, -0.2) is 28.6 Å². The van der Waals surface area contributed by atoms with Crippen molar-refractivity contribution in [1.82, 2.24) is 10.3 Å². The van der Waals surface area contributed by atoms with Crippen molar-refractivity contribution in [2.45, 2.75) is 32.6 Å². The van der Waals surface area contributed by atoms with Crippen LogP contribution in [0.1, 0.15) is 26.0 Å². The summed E-state index contributed by atoms with van der Waals surface area (Å²) in [4.78, 5) is 33.5. The molecule has 1 aromatic heterocycles. The van der Waals surface area contributed by atoms with Gasteiger partial charge in [0.25, 0.3) is 6.02 Å². The Hall–Kier alpha value is -3.48. The zero-order chi connectivity index (χ0) is 20.4. The molecule has 0 saturated heterocycles. The second-order valence-corrected chi connectivity index (χ2v) is 7.06. The maximum Gasteiger partial charge on any atom is 0.332 e. The molecule has 7 heteroatoms. The van der Waals surface area contributed by atoms with Gasteiger partial charge in [0.05, 0.1) is 11.4 Å². The number of esters is 1. The van der Waals surface area contributed by atoms with Gasteiger partial charge in [-0.1, -0.05) is 43.3 Å². The van der Waals surface area contributed by atoms with Crippen LogP contribution in [-0.2, 0) is 25.7 Å². The molecule has 0 saturated carbocycles. The molecule has 148 valence electrons. The summed E-state index contributed by atoms with van der Waals surface area (Å²) in [5, 5.41) is 2.67. The van der Waals surface area contributed by atoms with Crippen molar-refractivity contribution >= 4 is 17.9 Å². The number of rotatable bonds is 4. The lowest BCUT2D eigenvalue weighted by Gasteiger charge is -2.39. The van der Waals surface area contributed by atoms with Crippen molar-refractivity contribution < 1.29 is 19.1 Å². The minimum Gasteiger partial charge on any atom is -0.458 e. The van der Waals surface area contributed by atoms with Crippen LogP contribution >= 0.6 is 0 Å². The summed E-state index contributed by atoms with van der Waals surface area (Å²) in [5.74, 6) is -1.46. The monoisotopic (exact) mass is 391 g/mol. The third-order valence-electron chi connectivity index (χ3n) is 4.97. The first-order valence-corrected chi connectivity index (χ1v) is 9.47. The Kier molecular flexibility index (Phi) is 4.88. The molecule has 0 aliphatic carbocycles. The lowest BCUT2D eigenvalue weighted by Crippen LogP contribution is -2.56. The fraction of sp³-hybridized carbons (Fsp3) is 0.273. The minimum atomic E-state index is -1.31. The van der Waals surface area contributed by atoms with Gasteiger partial charge in [0.15, 0.2) is 0 Å². The summed E-state index contributed by atoms with van der Waals surface area (Å²) in [7, 11) is 0. The summed E-state index contributed by atoms with van der Waals surface area (Å²) >= 11 is 0. The number of benzene rings is 1. The molecule has 2 atom stereocenters. The molecular weight excluding hydrogens is 370 g/mol. The number of fused-ring (bicyclic) bond motifs is 1. The van der Waals surface area contributed by atoms with Crippen molar-refractivity contribution in [3.8, 4) is 11.3 Å². The average molecular weight is 391 g/mol. The van der Waals surface area contributed by atoms with Gasteiger partial charge in [0.1, 0.15) is 12.5 Å². The Labute approximate surface area is 168 Å². The summed E-state index contributed by atoms with van der Waals surface area (Å²) in [5.41, 5.74) is 1.90. The van der Waals surface area contributed by atoms with Gasteiger partial charge in [0.2, 0.25) is 11.6 Å². The lowest BCUT2D eigenvalue weighted by atomic mass is 9.84. The van der Waals surface area contributed by atoms with E-state index in [2.05, 4.69) is 15.3 Å². The third-order valence-corrected chi connectivity index (χ3v) is 4.97. The first-order valence-electron chi connectivity index (χ1n) is 9.47. The number of pyridine rings is 1. The molecule has 0 spiro atoms. The summed E-state index contributed by atoms with van der Waals surface area (Å²) in [6.45, 7) is 3.62. The molecule has 2 aromatic rings. The number of amides is 1. The summed E-state index contributed by atoms with van der Waals surface area (Å²) in [6, 6.07) is 15.5. The van der Waals surface area contributed by atoms with E-state index in [0.29, 0.717) is 17.7 Å². The second kappa shape index (κ2) is 7.50. The van der Waals surface area contributed by atoms with E-state index in [0.717, 1.165) is 11.3 Å². The van der Waals surface area contributed by atoms with E-state index in [1.807, 2.05) is 55.5 Å². The SMILES string of the molecule is CCC1=CC(=O)O[C@]2(C)N=C(OCc3cccc(-c4ccccc4)n3)NC(=O)C12. The Bertz CT molecular complexity index is 1020. The molecule has 1 aromatic carbocycles. The number of nitrogens with one attached hydrogen (secondary N) is 1. The normalized spacial score (nSPS) is 23.3. The van der Waals surface area contributed by atoms with Crippen LogP contribution in [0.25, 0.3) is 11.3 Å². The summed E-state index contributed by atoms with van der Waals surface area (Å²) in [6.07, 6.45) is 1.93. The number of carbonyl (C=O) groups excluding carboxylic acids is 2. The number of carbonyl (C=O) groups is 2. The summed E-state index contributed by atoms with van der Waals surface area (Å²) < 4.78 is 11.1. The maximum absolute atomic E-state index is 12.7. The molecule has 2 aliphatic rings. The lowest BCUT2D eigenvalue weighted by molar-refractivity contribution is -0.162. The Morgan fingerprint density at radius 2 is 1.93 bits per heavy atom. The zero-order valence-corrected chi connectivity index (χ0v) is 16.2. The van der Waals surface area contributed by atoms with E-state index in [9.17, 15) is 9.59 Å². The number of aliphatic imine (C=N–C) groups is 1. The number of amidine groups is 1. The fourth-order valence-corrected chi connectivity index (χ4v) is 3.62. The van der Waals surface area contributed by atoms with Crippen molar-refractivity contribution in [2.24, 2.45) is 10.9 Å². The molecule has 29 heavy (non-hydrogen) atoms. The van der Waals surface area contributed by atoms with E-state index < -0.39 is 17.6 Å². The van der Waals surface area contributed by atoms with Gasteiger partial charge < -0.3 is 9.47 Å². The molecule has 1 amide bonds. The first kappa shape index (κ1) is 18.9. The molecule has 7 nitrogen and oxygen atoms in total. The average Bonchev–Trinajstić information content (AvgIpc) is 2.71. The molecule has 0 bridgehead atoms. The van der Waals surface area contributed by atoms with Gasteiger partial charge >= 0.3 is 5.97 Å². The molecule has 4 rings (SSSR count). The fourth-order valence-electron chi connectivity index (χ4n) is 3.62. The Morgan fingerprint density at radius 3 is 2.69 bits per heavy atom. The van der Waals surface area contributed by atoms with Crippen molar-refractivity contribution in [1.29, 1.82) is 0 Å². The second-order valence-electron chi connectivity index (χ2n) is 7.06. The van der Waals surface area contributed by atoms with E-state index in [4.69, 9.17) is 9.47 Å². The van der Waals surface area contributed by atoms with Gasteiger partial charge in [-0.3, -0.25) is 10.1 Å². The van der Waals surface area contributed by atoms with E-state index >= 15 is 0 Å².